The molecule has 0 aliphatic carbocycles. The fraction of sp³-hybridized carbons (Fsp3) is 0.350. The van der Waals surface area contributed by atoms with E-state index in [4.69, 9.17) is 16.3 Å². The number of piperazine rings is 1. The number of anilines is 1. The molecule has 0 aromatic heterocycles. The molecule has 30 heavy (non-hydrogen) atoms. The lowest BCUT2D eigenvalue weighted by atomic mass is 10.1. The van der Waals surface area contributed by atoms with Gasteiger partial charge in [0, 0.05) is 30.7 Å². The first-order valence-electron chi connectivity index (χ1n) is 9.03. The lowest BCUT2D eigenvalue weighted by molar-refractivity contribution is -0.145. The van der Waals surface area contributed by atoms with E-state index in [9.17, 15) is 22.4 Å². The van der Waals surface area contributed by atoms with Gasteiger partial charge in [0.2, 0.25) is 0 Å². The van der Waals surface area contributed by atoms with Crippen molar-refractivity contribution < 1.29 is 27.1 Å². The second-order valence-corrected chi connectivity index (χ2v) is 8.56. The number of nitrogens with zero attached hydrogens (tertiary/aromatic N) is 2. The molecule has 1 heterocycles. The first-order valence-corrected chi connectivity index (χ1v) is 10.2. The van der Waals surface area contributed by atoms with Gasteiger partial charge in [0.1, 0.15) is 16.5 Å². The third-order valence-corrected chi connectivity index (χ3v) is 5.63. The quantitative estimate of drug-likeness (QED) is 0.324. The Labute approximate surface area is 184 Å². The molecule has 10 heteroatoms. The van der Waals surface area contributed by atoms with Crippen LogP contribution in [0.15, 0.2) is 28.7 Å². The predicted octanol–water partition coefficient (Wildman–Crippen LogP) is 5.17. The molecule has 0 unspecified atom stereocenters. The largest absolute Gasteiger partial charge is 0.478 e. The van der Waals surface area contributed by atoms with E-state index in [-0.39, 0.29) is 32.1 Å². The molecule has 0 radical (unpaired) electrons. The van der Waals surface area contributed by atoms with Crippen LogP contribution in [0.3, 0.4) is 0 Å². The first-order chi connectivity index (χ1) is 14.0. The Morgan fingerprint density at radius 2 is 1.47 bits per heavy atom. The summed E-state index contributed by atoms with van der Waals surface area (Å²) in [4.78, 5) is 15.5. The van der Waals surface area contributed by atoms with Crippen molar-refractivity contribution in [1.82, 2.24) is 4.90 Å². The third-order valence-electron chi connectivity index (χ3n) is 4.77. The molecule has 0 N–H and O–H groups in total. The molecule has 162 valence electrons. The van der Waals surface area contributed by atoms with Crippen molar-refractivity contribution in [1.29, 1.82) is 0 Å². The fourth-order valence-electron chi connectivity index (χ4n) is 3.23. The highest BCUT2D eigenvalue weighted by Gasteiger charge is 2.37. The van der Waals surface area contributed by atoms with Crippen molar-refractivity contribution in [3.8, 4) is 5.75 Å². The highest BCUT2D eigenvalue weighted by molar-refractivity contribution is 9.10. The van der Waals surface area contributed by atoms with Crippen molar-refractivity contribution in [2.24, 2.45) is 0 Å². The zero-order valence-corrected chi connectivity index (χ0v) is 18.5. The predicted molar refractivity (Wildman–Crippen MR) is 109 cm³/mol. The van der Waals surface area contributed by atoms with Crippen LogP contribution in [-0.4, -0.2) is 42.6 Å². The summed E-state index contributed by atoms with van der Waals surface area (Å²) in [5.41, 5.74) is -2.02. The van der Waals surface area contributed by atoms with Gasteiger partial charge < -0.3 is 14.5 Å². The molecule has 1 aliphatic heterocycles. The van der Waals surface area contributed by atoms with E-state index >= 15 is 0 Å². The van der Waals surface area contributed by atoms with Crippen LogP contribution in [0.25, 0.3) is 0 Å². The molecule has 0 spiro atoms. The van der Waals surface area contributed by atoms with Crippen LogP contribution in [0.1, 0.15) is 13.8 Å². The van der Waals surface area contributed by atoms with Crippen molar-refractivity contribution in [3.05, 3.63) is 57.0 Å². The number of halogens is 6. The van der Waals surface area contributed by atoms with Crippen LogP contribution in [-0.2, 0) is 4.79 Å². The van der Waals surface area contributed by atoms with Gasteiger partial charge in [-0.3, -0.25) is 4.79 Å². The Hall–Kier alpha value is -2.00. The van der Waals surface area contributed by atoms with Crippen LogP contribution in [0, 0.1) is 23.3 Å². The number of benzene rings is 2. The smallest absolute Gasteiger partial charge is 0.266 e. The number of carbonyl (C=O) groups excluding carboxylic acids is 1. The van der Waals surface area contributed by atoms with E-state index < -0.39 is 39.6 Å². The maximum Gasteiger partial charge on any atom is 0.266 e. The van der Waals surface area contributed by atoms with Crippen molar-refractivity contribution >= 4 is 39.1 Å². The minimum atomic E-state index is -1.65. The van der Waals surface area contributed by atoms with Gasteiger partial charge in [0.15, 0.2) is 28.9 Å². The summed E-state index contributed by atoms with van der Waals surface area (Å²) in [5.74, 6) is -6.22. The van der Waals surface area contributed by atoms with Gasteiger partial charge in [0.25, 0.3) is 5.91 Å². The Kier molecular flexibility index (Phi) is 6.52. The van der Waals surface area contributed by atoms with Crippen LogP contribution >= 0.6 is 27.5 Å². The monoisotopic (exact) mass is 508 g/mol. The van der Waals surface area contributed by atoms with Crippen LogP contribution in [0.4, 0.5) is 23.2 Å². The second kappa shape index (κ2) is 8.63. The zero-order chi connectivity index (χ0) is 22.2. The number of hydrogen-bond donors (Lipinski definition) is 0. The van der Waals surface area contributed by atoms with Gasteiger partial charge in [-0.25, -0.2) is 17.6 Å². The molecular weight excluding hydrogens is 492 g/mol. The highest BCUT2D eigenvalue weighted by atomic mass is 79.9. The number of hydrogen-bond acceptors (Lipinski definition) is 3. The number of carbonyl (C=O) groups is 1. The van der Waals surface area contributed by atoms with E-state index in [0.717, 1.165) is 9.37 Å². The maximum absolute atomic E-state index is 14.2. The Morgan fingerprint density at radius 1 is 0.967 bits per heavy atom. The van der Waals surface area contributed by atoms with E-state index in [1.807, 2.05) is 0 Å². The average molecular weight is 510 g/mol. The SMILES string of the molecule is CC(C)(Oc1ccc(Br)cc1)C(=O)N1CCN(c2c(F)c(F)c(Cl)c(F)c2F)CC1. The van der Waals surface area contributed by atoms with Gasteiger partial charge in [-0.05, 0) is 38.1 Å². The van der Waals surface area contributed by atoms with Crippen molar-refractivity contribution in [3.63, 3.8) is 0 Å². The summed E-state index contributed by atoms with van der Waals surface area (Å²) in [7, 11) is 0. The standard InChI is InChI=1S/C20H18BrClF4N2O2/c1-20(2,30-12-5-3-11(21)4-6-12)19(29)28-9-7-27(8-10-28)18-16(25)14(23)13(22)15(24)17(18)26/h3-6H,7-10H2,1-2H3. The van der Waals surface area contributed by atoms with E-state index in [2.05, 4.69) is 15.9 Å². The van der Waals surface area contributed by atoms with Crippen LogP contribution in [0.2, 0.25) is 5.02 Å². The van der Waals surface area contributed by atoms with Crippen LogP contribution < -0.4 is 9.64 Å². The van der Waals surface area contributed by atoms with E-state index in [1.54, 1.807) is 38.1 Å². The molecule has 0 saturated carbocycles. The Balaban J connectivity index is 1.71. The lowest BCUT2D eigenvalue weighted by Gasteiger charge is -2.39. The number of ether oxygens (including phenoxy) is 1. The zero-order valence-electron chi connectivity index (χ0n) is 16.1. The summed E-state index contributed by atoms with van der Waals surface area (Å²) >= 11 is 8.59. The first kappa shape index (κ1) is 22.7. The molecular formula is C20H18BrClF4N2O2. The molecule has 2 aromatic rings. The third kappa shape index (κ3) is 4.37. The highest BCUT2D eigenvalue weighted by Crippen LogP contribution is 2.34. The van der Waals surface area contributed by atoms with Gasteiger partial charge in [-0.1, -0.05) is 27.5 Å². The van der Waals surface area contributed by atoms with Crippen molar-refractivity contribution in [2.45, 2.75) is 19.4 Å². The molecule has 1 saturated heterocycles. The van der Waals surface area contributed by atoms with Gasteiger partial charge >= 0.3 is 0 Å². The molecule has 1 fully saturated rings. The normalized spacial score (nSPS) is 14.8. The summed E-state index contributed by atoms with van der Waals surface area (Å²) in [6.45, 7) is 3.39. The van der Waals surface area contributed by atoms with Crippen molar-refractivity contribution in [2.75, 3.05) is 31.1 Å². The molecule has 0 atom stereocenters. The molecule has 3 rings (SSSR count). The van der Waals surface area contributed by atoms with Crippen LogP contribution in [0.5, 0.6) is 5.75 Å². The van der Waals surface area contributed by atoms with Gasteiger partial charge in [0.05, 0.1) is 0 Å². The topological polar surface area (TPSA) is 32.8 Å². The molecule has 2 aromatic carbocycles. The summed E-state index contributed by atoms with van der Waals surface area (Å²) in [6.07, 6.45) is 0. The van der Waals surface area contributed by atoms with E-state index in [0.29, 0.717) is 5.75 Å². The molecule has 0 bridgehead atoms. The summed E-state index contributed by atoms with van der Waals surface area (Å²) < 4.78 is 62.6. The van der Waals surface area contributed by atoms with E-state index in [1.165, 1.54) is 4.90 Å². The average Bonchev–Trinajstić information content (AvgIpc) is 2.72. The number of rotatable bonds is 4. The van der Waals surface area contributed by atoms with Gasteiger partial charge in [-0.15, -0.1) is 0 Å². The molecule has 4 nitrogen and oxygen atoms in total. The van der Waals surface area contributed by atoms with Gasteiger partial charge in [-0.2, -0.15) is 0 Å². The summed E-state index contributed by atoms with van der Waals surface area (Å²) in [6, 6.07) is 6.99. The molecule has 1 aliphatic rings. The molecule has 1 amide bonds. The summed E-state index contributed by atoms with van der Waals surface area (Å²) in [5, 5.41) is -1.23. The Morgan fingerprint density at radius 3 is 1.97 bits per heavy atom. The Bertz CT molecular complexity index is 935. The minimum Gasteiger partial charge on any atom is -0.478 e. The second-order valence-electron chi connectivity index (χ2n) is 7.26. The lowest BCUT2D eigenvalue weighted by Crippen LogP contribution is -2.56. The fourth-order valence-corrected chi connectivity index (χ4v) is 3.66. The number of amides is 1. The maximum atomic E-state index is 14.2. The minimum absolute atomic E-state index is 0.0194.